The predicted molar refractivity (Wildman–Crippen MR) is 67.3 cm³/mol. The van der Waals surface area contributed by atoms with Crippen molar-refractivity contribution in [2.45, 2.75) is 37.6 Å². The van der Waals surface area contributed by atoms with Crippen LogP contribution in [0.25, 0.3) is 0 Å². The fourth-order valence-corrected chi connectivity index (χ4v) is 2.00. The first-order valence-electron chi connectivity index (χ1n) is 5.36. The Morgan fingerprint density at radius 3 is 2.53 bits per heavy atom. The summed E-state index contributed by atoms with van der Waals surface area (Å²) in [5.41, 5.74) is 0.237. The lowest BCUT2D eigenvalue weighted by Crippen LogP contribution is -2.36. The summed E-state index contributed by atoms with van der Waals surface area (Å²) in [6, 6.07) is 4.11. The third kappa shape index (κ3) is 6.52. The molecule has 0 saturated heterocycles. The van der Waals surface area contributed by atoms with Gasteiger partial charge >= 0.3 is 0 Å². The monoisotopic (exact) mass is 224 g/mol. The van der Waals surface area contributed by atoms with Crippen molar-refractivity contribution in [2.24, 2.45) is 0 Å². The van der Waals surface area contributed by atoms with Crippen LogP contribution in [0.1, 0.15) is 27.2 Å². The molecule has 3 heteroatoms. The maximum absolute atomic E-state index is 4.00. The second kappa shape index (κ2) is 6.13. The zero-order valence-corrected chi connectivity index (χ0v) is 10.6. The summed E-state index contributed by atoms with van der Waals surface area (Å²) in [7, 11) is 0. The first-order chi connectivity index (χ1) is 7.08. The quantitative estimate of drug-likeness (QED) is 0.615. The lowest BCUT2D eigenvalue weighted by molar-refractivity contribution is 0.427. The molecule has 0 unspecified atom stereocenters. The van der Waals surface area contributed by atoms with E-state index in [9.17, 15) is 0 Å². The zero-order chi connectivity index (χ0) is 11.1. The molecule has 0 aliphatic carbocycles. The van der Waals surface area contributed by atoms with E-state index in [2.05, 4.69) is 43.2 Å². The average molecular weight is 224 g/mol. The van der Waals surface area contributed by atoms with Crippen LogP contribution in [0, 0.1) is 0 Å². The van der Waals surface area contributed by atoms with Gasteiger partial charge in [0.15, 0.2) is 0 Å². The molecule has 1 N–H and O–H groups in total. The molecule has 0 aliphatic rings. The maximum Gasteiger partial charge on any atom is 0.0278 e. The summed E-state index contributed by atoms with van der Waals surface area (Å²) in [4.78, 5) is 5.30. The van der Waals surface area contributed by atoms with Gasteiger partial charge in [-0.15, -0.1) is 11.8 Å². The molecule has 1 aromatic rings. The average Bonchev–Trinajstić information content (AvgIpc) is 2.17. The van der Waals surface area contributed by atoms with E-state index in [0.717, 1.165) is 12.3 Å². The van der Waals surface area contributed by atoms with Gasteiger partial charge in [-0.1, -0.05) is 0 Å². The Bertz CT molecular complexity index is 267. The SMILES string of the molecule is CC(C)(C)NCCCSc1ccncc1. The molecular weight excluding hydrogens is 204 g/mol. The highest BCUT2D eigenvalue weighted by molar-refractivity contribution is 7.99. The topological polar surface area (TPSA) is 24.9 Å². The number of hydrogen-bond acceptors (Lipinski definition) is 3. The van der Waals surface area contributed by atoms with Crippen LogP contribution in [0.4, 0.5) is 0 Å². The Hall–Kier alpha value is -0.540. The lowest BCUT2D eigenvalue weighted by Gasteiger charge is -2.20. The van der Waals surface area contributed by atoms with Crippen LogP contribution in [0.2, 0.25) is 0 Å². The fourth-order valence-electron chi connectivity index (χ4n) is 1.16. The number of rotatable bonds is 5. The van der Waals surface area contributed by atoms with Gasteiger partial charge in [0.1, 0.15) is 0 Å². The molecule has 1 heterocycles. The Morgan fingerprint density at radius 2 is 1.93 bits per heavy atom. The molecule has 0 bridgehead atoms. The lowest BCUT2D eigenvalue weighted by atomic mass is 10.1. The Kier molecular flexibility index (Phi) is 5.12. The van der Waals surface area contributed by atoms with Gasteiger partial charge in [0.2, 0.25) is 0 Å². The van der Waals surface area contributed by atoms with Gasteiger partial charge in [-0.25, -0.2) is 0 Å². The Morgan fingerprint density at radius 1 is 1.27 bits per heavy atom. The molecule has 0 radical (unpaired) electrons. The molecule has 0 atom stereocenters. The normalized spacial score (nSPS) is 11.7. The van der Waals surface area contributed by atoms with Crippen LogP contribution in [0.15, 0.2) is 29.4 Å². The first-order valence-corrected chi connectivity index (χ1v) is 6.34. The number of thioether (sulfide) groups is 1. The van der Waals surface area contributed by atoms with Gasteiger partial charge in [-0.05, 0) is 51.6 Å². The summed E-state index contributed by atoms with van der Waals surface area (Å²) in [5, 5.41) is 3.48. The molecule has 0 fully saturated rings. The van der Waals surface area contributed by atoms with Crippen molar-refractivity contribution < 1.29 is 0 Å². The van der Waals surface area contributed by atoms with Crippen LogP contribution in [0.5, 0.6) is 0 Å². The smallest absolute Gasteiger partial charge is 0.0278 e. The molecule has 2 nitrogen and oxygen atoms in total. The highest BCUT2D eigenvalue weighted by atomic mass is 32.2. The molecule has 15 heavy (non-hydrogen) atoms. The summed E-state index contributed by atoms with van der Waals surface area (Å²) in [6.45, 7) is 7.68. The largest absolute Gasteiger partial charge is 0.312 e. The molecule has 1 rings (SSSR count). The molecule has 0 saturated carbocycles. The van der Waals surface area contributed by atoms with Crippen LogP contribution in [0.3, 0.4) is 0 Å². The van der Waals surface area contributed by atoms with Crippen LogP contribution in [-0.4, -0.2) is 22.8 Å². The van der Waals surface area contributed by atoms with Gasteiger partial charge < -0.3 is 5.32 Å². The Balaban J connectivity index is 2.08. The molecule has 0 aromatic carbocycles. The molecule has 0 aliphatic heterocycles. The minimum absolute atomic E-state index is 0.237. The van der Waals surface area contributed by atoms with Crippen molar-refractivity contribution in [2.75, 3.05) is 12.3 Å². The Labute approximate surface area is 96.9 Å². The van der Waals surface area contributed by atoms with E-state index in [1.807, 2.05) is 24.2 Å². The highest BCUT2D eigenvalue weighted by Crippen LogP contribution is 2.16. The van der Waals surface area contributed by atoms with Gasteiger partial charge in [-0.3, -0.25) is 4.98 Å². The second-order valence-corrected chi connectivity index (χ2v) is 5.73. The van der Waals surface area contributed by atoms with E-state index in [0.29, 0.717) is 0 Å². The van der Waals surface area contributed by atoms with E-state index in [4.69, 9.17) is 0 Å². The molecular formula is C12H20N2S. The van der Waals surface area contributed by atoms with Crippen LogP contribution < -0.4 is 5.32 Å². The standard InChI is InChI=1S/C12H20N2S/c1-12(2,3)14-7-4-10-15-11-5-8-13-9-6-11/h5-6,8-9,14H,4,7,10H2,1-3H3. The summed E-state index contributed by atoms with van der Waals surface area (Å²) < 4.78 is 0. The molecule has 0 spiro atoms. The number of nitrogens with one attached hydrogen (secondary N) is 1. The van der Waals surface area contributed by atoms with Crippen LogP contribution in [-0.2, 0) is 0 Å². The number of aromatic nitrogens is 1. The van der Waals surface area contributed by atoms with E-state index in [1.165, 1.54) is 11.3 Å². The van der Waals surface area contributed by atoms with E-state index in [1.54, 1.807) is 0 Å². The van der Waals surface area contributed by atoms with E-state index >= 15 is 0 Å². The summed E-state index contributed by atoms with van der Waals surface area (Å²) in [5.74, 6) is 1.16. The van der Waals surface area contributed by atoms with Gasteiger partial charge in [-0.2, -0.15) is 0 Å². The van der Waals surface area contributed by atoms with E-state index < -0.39 is 0 Å². The first kappa shape index (κ1) is 12.5. The second-order valence-electron chi connectivity index (χ2n) is 4.56. The minimum atomic E-state index is 0.237. The molecule has 84 valence electrons. The van der Waals surface area contributed by atoms with Crippen molar-refractivity contribution in [1.29, 1.82) is 0 Å². The van der Waals surface area contributed by atoms with Crippen molar-refractivity contribution in [3.63, 3.8) is 0 Å². The van der Waals surface area contributed by atoms with Crippen molar-refractivity contribution in [3.8, 4) is 0 Å². The van der Waals surface area contributed by atoms with Crippen molar-refractivity contribution in [1.82, 2.24) is 10.3 Å². The molecule has 1 aromatic heterocycles. The fraction of sp³-hybridized carbons (Fsp3) is 0.583. The van der Waals surface area contributed by atoms with Crippen LogP contribution >= 0.6 is 11.8 Å². The predicted octanol–water partition coefficient (Wildman–Crippen LogP) is 2.95. The zero-order valence-electron chi connectivity index (χ0n) is 9.79. The third-order valence-electron chi connectivity index (χ3n) is 1.89. The van der Waals surface area contributed by atoms with Gasteiger partial charge in [0.25, 0.3) is 0 Å². The highest BCUT2D eigenvalue weighted by Gasteiger charge is 2.06. The third-order valence-corrected chi connectivity index (χ3v) is 2.99. The number of hydrogen-bond donors (Lipinski definition) is 1. The minimum Gasteiger partial charge on any atom is -0.312 e. The summed E-state index contributed by atoms with van der Waals surface area (Å²) in [6.07, 6.45) is 4.88. The van der Waals surface area contributed by atoms with Gasteiger partial charge in [0, 0.05) is 22.8 Å². The maximum atomic E-state index is 4.00. The van der Waals surface area contributed by atoms with Crippen molar-refractivity contribution >= 4 is 11.8 Å². The number of nitrogens with zero attached hydrogens (tertiary/aromatic N) is 1. The van der Waals surface area contributed by atoms with E-state index in [-0.39, 0.29) is 5.54 Å². The summed E-state index contributed by atoms with van der Waals surface area (Å²) >= 11 is 1.89. The number of pyridine rings is 1. The van der Waals surface area contributed by atoms with Gasteiger partial charge in [0.05, 0.1) is 0 Å². The van der Waals surface area contributed by atoms with Crippen molar-refractivity contribution in [3.05, 3.63) is 24.5 Å². The molecule has 0 amide bonds.